The number of carbonyl (C=O) groups is 4. The second kappa shape index (κ2) is 8.03. The van der Waals surface area contributed by atoms with Crippen molar-refractivity contribution in [1.29, 1.82) is 0 Å². The van der Waals surface area contributed by atoms with E-state index in [1.807, 2.05) is 0 Å². The molecule has 2 aromatic rings. The van der Waals surface area contributed by atoms with Gasteiger partial charge in [0, 0.05) is 29.8 Å². The molecule has 0 spiro atoms. The molecular weight excluding hydrogens is 406 g/mol. The summed E-state index contributed by atoms with van der Waals surface area (Å²) in [6, 6.07) is 9.24. The SMILES string of the molecule is CC1CCCN(C(=O)COC(=O)c2ccc3c(c2Cl)C(=O)c2ccccc2C3=O)C1. The Morgan fingerprint density at radius 3 is 2.47 bits per heavy atom. The van der Waals surface area contributed by atoms with Gasteiger partial charge in [-0.05, 0) is 30.9 Å². The van der Waals surface area contributed by atoms with Gasteiger partial charge in [0.15, 0.2) is 18.2 Å². The van der Waals surface area contributed by atoms with Crippen LogP contribution >= 0.6 is 11.6 Å². The second-order valence-electron chi connectivity index (χ2n) is 7.72. The highest BCUT2D eigenvalue weighted by Gasteiger charge is 2.33. The van der Waals surface area contributed by atoms with E-state index < -0.39 is 18.4 Å². The van der Waals surface area contributed by atoms with Crippen LogP contribution in [-0.4, -0.2) is 48.0 Å². The zero-order valence-electron chi connectivity index (χ0n) is 16.4. The molecule has 2 aliphatic rings. The number of halogens is 1. The zero-order valence-corrected chi connectivity index (χ0v) is 17.2. The quantitative estimate of drug-likeness (QED) is 0.599. The first kappa shape index (κ1) is 20.3. The number of piperidine rings is 1. The van der Waals surface area contributed by atoms with Crippen LogP contribution in [0.1, 0.15) is 62.0 Å². The van der Waals surface area contributed by atoms with Gasteiger partial charge in [0.05, 0.1) is 16.1 Å². The van der Waals surface area contributed by atoms with Crippen molar-refractivity contribution in [3.8, 4) is 0 Å². The number of nitrogens with zero attached hydrogens (tertiary/aromatic N) is 1. The van der Waals surface area contributed by atoms with Crippen LogP contribution in [0.5, 0.6) is 0 Å². The number of fused-ring (bicyclic) bond motifs is 2. The van der Waals surface area contributed by atoms with Crippen LogP contribution in [0.3, 0.4) is 0 Å². The van der Waals surface area contributed by atoms with Gasteiger partial charge in [-0.25, -0.2) is 4.79 Å². The standard InChI is InChI=1S/C23H20ClNO5/c1-13-5-4-10-25(11-13)18(26)12-30-23(29)17-9-8-16-19(20(17)24)22(28)15-7-3-2-6-14(15)21(16)27/h2-3,6-9,13H,4-5,10-12H2,1H3. The second-order valence-corrected chi connectivity index (χ2v) is 8.09. The summed E-state index contributed by atoms with van der Waals surface area (Å²) in [5.74, 6) is -1.39. The van der Waals surface area contributed by atoms with E-state index in [9.17, 15) is 19.2 Å². The maximum Gasteiger partial charge on any atom is 0.340 e. The summed E-state index contributed by atoms with van der Waals surface area (Å²) in [6.07, 6.45) is 2.00. The van der Waals surface area contributed by atoms with Gasteiger partial charge in [-0.3, -0.25) is 14.4 Å². The predicted octanol–water partition coefficient (Wildman–Crippen LogP) is 3.53. The average Bonchev–Trinajstić information content (AvgIpc) is 2.75. The van der Waals surface area contributed by atoms with Gasteiger partial charge in [0.1, 0.15) is 0 Å². The summed E-state index contributed by atoms with van der Waals surface area (Å²) < 4.78 is 5.17. The summed E-state index contributed by atoms with van der Waals surface area (Å²) in [5.41, 5.74) is 0.653. The number of carbonyl (C=O) groups excluding carboxylic acids is 4. The van der Waals surface area contributed by atoms with Gasteiger partial charge >= 0.3 is 5.97 Å². The lowest BCUT2D eigenvalue weighted by Gasteiger charge is -2.30. The van der Waals surface area contributed by atoms with E-state index in [0.29, 0.717) is 24.6 Å². The maximum atomic E-state index is 12.9. The van der Waals surface area contributed by atoms with Crippen molar-refractivity contribution in [2.24, 2.45) is 5.92 Å². The van der Waals surface area contributed by atoms with Crippen molar-refractivity contribution in [2.45, 2.75) is 19.8 Å². The number of likely N-dealkylation sites (tertiary alicyclic amines) is 1. The van der Waals surface area contributed by atoms with Crippen LogP contribution in [0.4, 0.5) is 0 Å². The topological polar surface area (TPSA) is 80.8 Å². The molecule has 0 N–H and O–H groups in total. The third-order valence-corrected chi connectivity index (χ3v) is 5.98. The lowest BCUT2D eigenvalue weighted by molar-refractivity contribution is -0.136. The molecule has 6 nitrogen and oxygen atoms in total. The van der Waals surface area contributed by atoms with E-state index in [1.165, 1.54) is 12.1 Å². The molecule has 1 fully saturated rings. The van der Waals surface area contributed by atoms with E-state index in [-0.39, 0.29) is 39.0 Å². The lowest BCUT2D eigenvalue weighted by atomic mass is 9.83. The number of hydrogen-bond donors (Lipinski definition) is 0. The van der Waals surface area contributed by atoms with E-state index in [1.54, 1.807) is 29.2 Å². The van der Waals surface area contributed by atoms with Gasteiger partial charge in [-0.15, -0.1) is 0 Å². The van der Waals surface area contributed by atoms with Crippen molar-refractivity contribution in [3.63, 3.8) is 0 Å². The number of ether oxygens (including phenoxy) is 1. The first-order valence-corrected chi connectivity index (χ1v) is 10.2. The Balaban J connectivity index is 1.54. The Kier molecular flexibility index (Phi) is 5.43. The van der Waals surface area contributed by atoms with Gasteiger partial charge in [0.25, 0.3) is 5.91 Å². The van der Waals surface area contributed by atoms with Gasteiger partial charge in [-0.1, -0.05) is 42.8 Å². The monoisotopic (exact) mass is 425 g/mol. The molecule has 30 heavy (non-hydrogen) atoms. The molecule has 154 valence electrons. The largest absolute Gasteiger partial charge is 0.452 e. The maximum absolute atomic E-state index is 12.9. The fraction of sp³-hybridized carbons (Fsp3) is 0.304. The van der Waals surface area contributed by atoms with E-state index in [4.69, 9.17) is 16.3 Å². The number of ketones is 2. The molecule has 1 aliphatic heterocycles. The minimum absolute atomic E-state index is 0.00833. The fourth-order valence-electron chi connectivity index (χ4n) is 4.02. The molecule has 0 bridgehead atoms. The smallest absolute Gasteiger partial charge is 0.340 e. The van der Waals surface area contributed by atoms with Crippen molar-refractivity contribution in [2.75, 3.05) is 19.7 Å². The Morgan fingerprint density at radius 1 is 1.07 bits per heavy atom. The summed E-state index contributed by atoms with van der Waals surface area (Å²) in [6.45, 7) is 2.98. The summed E-state index contributed by atoms with van der Waals surface area (Å²) in [5, 5.41) is -0.135. The fourth-order valence-corrected chi connectivity index (χ4v) is 4.34. The van der Waals surface area contributed by atoms with E-state index >= 15 is 0 Å². The van der Waals surface area contributed by atoms with Crippen LogP contribution in [-0.2, 0) is 9.53 Å². The third-order valence-electron chi connectivity index (χ3n) is 5.59. The average molecular weight is 426 g/mol. The molecule has 7 heteroatoms. The van der Waals surface area contributed by atoms with Crippen LogP contribution in [0.15, 0.2) is 36.4 Å². The molecule has 0 aromatic heterocycles. The van der Waals surface area contributed by atoms with Crippen molar-refractivity contribution < 1.29 is 23.9 Å². The highest BCUT2D eigenvalue weighted by Crippen LogP contribution is 2.34. The van der Waals surface area contributed by atoms with Gasteiger partial charge in [0.2, 0.25) is 0 Å². The normalized spacial score (nSPS) is 17.9. The Morgan fingerprint density at radius 2 is 1.77 bits per heavy atom. The molecule has 1 unspecified atom stereocenters. The van der Waals surface area contributed by atoms with Gasteiger partial charge in [-0.2, -0.15) is 0 Å². The highest BCUT2D eigenvalue weighted by atomic mass is 35.5. The van der Waals surface area contributed by atoms with Crippen molar-refractivity contribution in [1.82, 2.24) is 4.90 Å². The molecule has 1 aliphatic carbocycles. The number of benzene rings is 2. The molecule has 0 radical (unpaired) electrons. The van der Waals surface area contributed by atoms with Crippen LogP contribution < -0.4 is 0 Å². The first-order chi connectivity index (χ1) is 14.4. The number of amides is 1. The molecule has 1 atom stereocenters. The molecule has 1 heterocycles. The van der Waals surface area contributed by atoms with Crippen LogP contribution in [0.25, 0.3) is 0 Å². The molecule has 0 saturated carbocycles. The molecule has 1 saturated heterocycles. The van der Waals surface area contributed by atoms with E-state index in [0.717, 1.165) is 12.8 Å². The minimum Gasteiger partial charge on any atom is -0.452 e. The molecule has 4 rings (SSSR count). The summed E-state index contributed by atoms with van der Waals surface area (Å²) in [4.78, 5) is 52.2. The predicted molar refractivity (Wildman–Crippen MR) is 110 cm³/mol. The van der Waals surface area contributed by atoms with Crippen molar-refractivity contribution >= 4 is 35.0 Å². The number of rotatable bonds is 3. The Bertz CT molecular complexity index is 1080. The minimum atomic E-state index is -0.805. The van der Waals surface area contributed by atoms with Crippen molar-refractivity contribution in [3.05, 3.63) is 69.2 Å². The number of hydrogen-bond acceptors (Lipinski definition) is 5. The molecule has 1 amide bonds. The Labute approximate surface area is 178 Å². The zero-order chi connectivity index (χ0) is 21.4. The first-order valence-electron chi connectivity index (χ1n) is 9.84. The van der Waals surface area contributed by atoms with Gasteiger partial charge < -0.3 is 9.64 Å². The van der Waals surface area contributed by atoms with Crippen LogP contribution in [0.2, 0.25) is 5.02 Å². The summed E-state index contributed by atoms with van der Waals surface area (Å²) in [7, 11) is 0. The lowest BCUT2D eigenvalue weighted by Crippen LogP contribution is -2.41. The van der Waals surface area contributed by atoms with Crippen LogP contribution in [0, 0.1) is 5.92 Å². The third kappa shape index (κ3) is 3.52. The number of esters is 1. The Hall–Kier alpha value is -2.99. The molecule has 2 aromatic carbocycles. The highest BCUT2D eigenvalue weighted by molar-refractivity contribution is 6.41. The van der Waals surface area contributed by atoms with E-state index in [2.05, 4.69) is 6.92 Å². The summed E-state index contributed by atoms with van der Waals surface area (Å²) >= 11 is 6.36. The molecular formula is C23H20ClNO5.